The number of anilines is 3. The standard InChI is InChI=1S/C22H28N6OS/c1-15-3-5-17(6-4-15)28(2)19-8-7-18-20(26-19)30-22(25-18)27-21(29)24-14-11-16-9-12-23-13-10-16/h3-8,16,23H,9-14H2,1-2H3,(H2,24,25,27,29). The molecule has 3 aromatic rings. The van der Waals surface area contributed by atoms with Crippen LogP contribution in [0, 0.1) is 12.8 Å². The van der Waals surface area contributed by atoms with Gasteiger partial charge in [-0.25, -0.2) is 14.8 Å². The maximum Gasteiger partial charge on any atom is 0.321 e. The molecule has 3 heterocycles. The first kappa shape index (κ1) is 20.6. The van der Waals surface area contributed by atoms with Crippen LogP contribution in [-0.4, -0.2) is 42.7 Å². The molecule has 0 radical (unpaired) electrons. The molecule has 2 aromatic heterocycles. The van der Waals surface area contributed by atoms with Gasteiger partial charge in [-0.05, 0) is 69.5 Å². The molecule has 3 N–H and O–H groups in total. The molecule has 30 heavy (non-hydrogen) atoms. The van der Waals surface area contributed by atoms with E-state index in [1.807, 2.05) is 24.1 Å². The van der Waals surface area contributed by atoms with Gasteiger partial charge in [0.25, 0.3) is 0 Å². The molecule has 8 heteroatoms. The van der Waals surface area contributed by atoms with E-state index in [4.69, 9.17) is 4.98 Å². The molecule has 1 aliphatic heterocycles. The summed E-state index contributed by atoms with van der Waals surface area (Å²) in [6, 6.07) is 12.0. The van der Waals surface area contributed by atoms with Crippen LogP contribution in [-0.2, 0) is 0 Å². The van der Waals surface area contributed by atoms with E-state index in [1.165, 1.54) is 29.7 Å². The fraction of sp³-hybridized carbons (Fsp3) is 0.409. The molecular formula is C22H28N6OS. The van der Waals surface area contributed by atoms with Crippen LogP contribution in [0.3, 0.4) is 0 Å². The highest BCUT2D eigenvalue weighted by molar-refractivity contribution is 7.22. The van der Waals surface area contributed by atoms with Crippen LogP contribution < -0.4 is 20.9 Å². The van der Waals surface area contributed by atoms with Gasteiger partial charge >= 0.3 is 6.03 Å². The summed E-state index contributed by atoms with van der Waals surface area (Å²) in [4.78, 5) is 24.3. The molecule has 1 fully saturated rings. The van der Waals surface area contributed by atoms with Crippen LogP contribution in [0.25, 0.3) is 10.3 Å². The van der Waals surface area contributed by atoms with E-state index in [1.54, 1.807) is 0 Å². The lowest BCUT2D eigenvalue weighted by molar-refractivity contribution is 0.250. The van der Waals surface area contributed by atoms with Gasteiger partial charge in [0.1, 0.15) is 16.2 Å². The minimum absolute atomic E-state index is 0.208. The summed E-state index contributed by atoms with van der Waals surface area (Å²) >= 11 is 1.39. The number of fused-ring (bicyclic) bond motifs is 1. The van der Waals surface area contributed by atoms with Crippen molar-refractivity contribution >= 4 is 44.4 Å². The van der Waals surface area contributed by atoms with Crippen molar-refractivity contribution in [3.05, 3.63) is 42.0 Å². The fourth-order valence-electron chi connectivity index (χ4n) is 3.65. The molecule has 2 amide bonds. The van der Waals surface area contributed by atoms with Crippen molar-refractivity contribution in [3.63, 3.8) is 0 Å². The Morgan fingerprint density at radius 3 is 2.70 bits per heavy atom. The molecule has 0 spiro atoms. The van der Waals surface area contributed by atoms with Crippen molar-refractivity contribution in [2.75, 3.05) is 36.9 Å². The van der Waals surface area contributed by atoms with Crippen LogP contribution in [0.4, 0.5) is 21.4 Å². The lowest BCUT2D eigenvalue weighted by Crippen LogP contribution is -2.33. The van der Waals surface area contributed by atoms with E-state index in [9.17, 15) is 4.79 Å². The highest BCUT2D eigenvalue weighted by Crippen LogP contribution is 2.29. The van der Waals surface area contributed by atoms with E-state index < -0.39 is 0 Å². The molecule has 4 rings (SSSR count). The largest absolute Gasteiger partial charge is 0.338 e. The molecule has 1 aromatic carbocycles. The second-order valence-corrected chi connectivity index (χ2v) is 8.75. The highest BCUT2D eigenvalue weighted by Gasteiger charge is 2.14. The Kier molecular flexibility index (Phi) is 6.44. The van der Waals surface area contributed by atoms with Gasteiger partial charge in [0.15, 0.2) is 5.13 Å². The van der Waals surface area contributed by atoms with Crippen molar-refractivity contribution in [3.8, 4) is 0 Å². The predicted molar refractivity (Wildman–Crippen MR) is 124 cm³/mol. The van der Waals surface area contributed by atoms with Crippen LogP contribution in [0.15, 0.2) is 36.4 Å². The van der Waals surface area contributed by atoms with Gasteiger partial charge in [-0.2, -0.15) is 0 Å². The smallest absolute Gasteiger partial charge is 0.321 e. The zero-order valence-electron chi connectivity index (χ0n) is 17.4. The average Bonchev–Trinajstić information content (AvgIpc) is 3.16. The number of rotatable bonds is 6. The number of thiazole rings is 1. The van der Waals surface area contributed by atoms with Crippen molar-refractivity contribution in [1.82, 2.24) is 20.6 Å². The lowest BCUT2D eigenvalue weighted by Gasteiger charge is -2.22. The summed E-state index contributed by atoms with van der Waals surface area (Å²) in [7, 11) is 1.99. The lowest BCUT2D eigenvalue weighted by atomic mass is 9.95. The maximum atomic E-state index is 12.2. The monoisotopic (exact) mass is 424 g/mol. The van der Waals surface area contributed by atoms with E-state index >= 15 is 0 Å². The number of aryl methyl sites for hydroxylation is 1. The predicted octanol–water partition coefficient (Wildman–Crippen LogP) is 4.28. The first-order valence-electron chi connectivity index (χ1n) is 10.4. The van der Waals surface area contributed by atoms with Crippen molar-refractivity contribution < 1.29 is 4.79 Å². The quantitative estimate of drug-likeness (QED) is 0.550. The molecule has 1 aliphatic rings. The van der Waals surface area contributed by atoms with E-state index in [0.717, 1.165) is 41.4 Å². The summed E-state index contributed by atoms with van der Waals surface area (Å²) in [6.07, 6.45) is 3.39. The molecule has 1 saturated heterocycles. The maximum absolute atomic E-state index is 12.2. The number of benzene rings is 1. The number of amides is 2. The molecule has 158 valence electrons. The normalized spacial score (nSPS) is 14.6. The summed E-state index contributed by atoms with van der Waals surface area (Å²) in [5.74, 6) is 1.54. The third kappa shape index (κ3) is 5.06. The van der Waals surface area contributed by atoms with Gasteiger partial charge in [0.2, 0.25) is 0 Å². The first-order valence-corrected chi connectivity index (χ1v) is 11.2. The number of carbonyl (C=O) groups excluding carboxylic acids is 1. The Morgan fingerprint density at radius 1 is 1.17 bits per heavy atom. The Morgan fingerprint density at radius 2 is 1.93 bits per heavy atom. The number of carbonyl (C=O) groups is 1. The third-order valence-electron chi connectivity index (χ3n) is 5.52. The number of hydrogen-bond acceptors (Lipinski definition) is 6. The zero-order valence-corrected chi connectivity index (χ0v) is 18.3. The van der Waals surface area contributed by atoms with Crippen molar-refractivity contribution in [1.29, 1.82) is 0 Å². The van der Waals surface area contributed by atoms with Gasteiger partial charge in [0.05, 0.1) is 0 Å². The third-order valence-corrected chi connectivity index (χ3v) is 6.40. The van der Waals surface area contributed by atoms with Gasteiger partial charge in [0, 0.05) is 19.3 Å². The van der Waals surface area contributed by atoms with Crippen LogP contribution in [0.1, 0.15) is 24.8 Å². The number of piperidine rings is 1. The summed E-state index contributed by atoms with van der Waals surface area (Å²) in [6.45, 7) is 4.92. The Labute approximate surface area is 180 Å². The summed E-state index contributed by atoms with van der Waals surface area (Å²) in [5.41, 5.74) is 3.08. The zero-order chi connectivity index (χ0) is 20.9. The number of nitrogens with zero attached hydrogens (tertiary/aromatic N) is 3. The van der Waals surface area contributed by atoms with Crippen LogP contribution in [0.2, 0.25) is 0 Å². The number of nitrogens with one attached hydrogen (secondary N) is 3. The average molecular weight is 425 g/mol. The first-order chi connectivity index (χ1) is 14.6. The van der Waals surface area contributed by atoms with Gasteiger partial charge in [-0.1, -0.05) is 29.0 Å². The summed E-state index contributed by atoms with van der Waals surface area (Å²) in [5, 5.41) is 9.72. The molecule has 0 atom stereocenters. The fourth-order valence-corrected chi connectivity index (χ4v) is 4.48. The molecule has 7 nitrogen and oxygen atoms in total. The topological polar surface area (TPSA) is 82.2 Å². The molecule has 0 aliphatic carbocycles. The minimum Gasteiger partial charge on any atom is -0.338 e. The Hall–Kier alpha value is -2.71. The molecule has 0 unspecified atom stereocenters. The van der Waals surface area contributed by atoms with E-state index in [0.29, 0.717) is 17.6 Å². The van der Waals surface area contributed by atoms with Crippen LogP contribution in [0.5, 0.6) is 0 Å². The van der Waals surface area contributed by atoms with Crippen LogP contribution >= 0.6 is 11.3 Å². The number of pyridine rings is 1. The second-order valence-electron chi connectivity index (χ2n) is 7.77. The number of hydrogen-bond donors (Lipinski definition) is 3. The van der Waals surface area contributed by atoms with E-state index in [-0.39, 0.29) is 6.03 Å². The number of urea groups is 1. The molecule has 0 saturated carbocycles. The minimum atomic E-state index is -0.208. The summed E-state index contributed by atoms with van der Waals surface area (Å²) < 4.78 is 0. The van der Waals surface area contributed by atoms with E-state index in [2.05, 4.69) is 52.1 Å². The molecular weight excluding hydrogens is 396 g/mol. The number of aromatic nitrogens is 2. The van der Waals surface area contributed by atoms with Gasteiger partial charge in [-0.15, -0.1) is 0 Å². The molecule has 0 bridgehead atoms. The SMILES string of the molecule is Cc1ccc(N(C)c2ccc3nc(NC(=O)NCCC4CCNCC4)sc3n2)cc1. The van der Waals surface area contributed by atoms with Gasteiger partial charge < -0.3 is 15.5 Å². The second kappa shape index (κ2) is 9.40. The Balaban J connectivity index is 1.36. The highest BCUT2D eigenvalue weighted by atomic mass is 32.1. The Bertz CT molecular complexity index is 997. The van der Waals surface area contributed by atoms with Gasteiger partial charge in [-0.3, -0.25) is 5.32 Å². The van der Waals surface area contributed by atoms with Crippen molar-refractivity contribution in [2.24, 2.45) is 5.92 Å². The van der Waals surface area contributed by atoms with Crippen molar-refractivity contribution in [2.45, 2.75) is 26.2 Å².